The van der Waals surface area contributed by atoms with Gasteiger partial charge in [0.15, 0.2) is 0 Å². The van der Waals surface area contributed by atoms with Crippen molar-refractivity contribution in [3.63, 3.8) is 0 Å². The zero-order chi connectivity index (χ0) is 14.9. The number of hydrogen-bond donors (Lipinski definition) is 1. The van der Waals surface area contributed by atoms with Gasteiger partial charge in [-0.3, -0.25) is 4.79 Å². The molecule has 1 unspecified atom stereocenters. The largest absolute Gasteiger partial charge is 0.493 e. The summed E-state index contributed by atoms with van der Waals surface area (Å²) < 4.78 is 11.0. The lowest BCUT2D eigenvalue weighted by molar-refractivity contribution is -0.124. The second kappa shape index (κ2) is 8.67. The van der Waals surface area contributed by atoms with Crippen LogP contribution in [0.2, 0.25) is 0 Å². The van der Waals surface area contributed by atoms with Crippen LogP contribution in [0.4, 0.5) is 0 Å². The second-order valence-electron chi connectivity index (χ2n) is 5.41. The van der Waals surface area contributed by atoms with Gasteiger partial charge in [0.2, 0.25) is 5.91 Å². The fourth-order valence-electron chi connectivity index (χ4n) is 2.44. The molecule has 1 fully saturated rings. The van der Waals surface area contributed by atoms with E-state index < -0.39 is 0 Å². The number of ether oxygens (including phenoxy) is 2. The minimum Gasteiger partial charge on any atom is -0.493 e. The summed E-state index contributed by atoms with van der Waals surface area (Å²) in [6.07, 6.45) is 3.69. The van der Waals surface area contributed by atoms with Gasteiger partial charge in [-0.25, -0.2) is 0 Å². The Morgan fingerprint density at radius 2 is 2.29 bits per heavy atom. The van der Waals surface area contributed by atoms with Crippen LogP contribution in [-0.4, -0.2) is 32.3 Å². The molecule has 21 heavy (non-hydrogen) atoms. The first kappa shape index (κ1) is 15.8. The van der Waals surface area contributed by atoms with Gasteiger partial charge in [0.25, 0.3) is 0 Å². The molecular formula is C17H25NO3. The second-order valence-corrected chi connectivity index (χ2v) is 5.41. The molecule has 1 aliphatic rings. The highest BCUT2D eigenvalue weighted by Crippen LogP contribution is 2.19. The molecule has 0 saturated carbocycles. The van der Waals surface area contributed by atoms with Crippen molar-refractivity contribution in [2.75, 3.05) is 26.4 Å². The maximum absolute atomic E-state index is 11.8. The highest BCUT2D eigenvalue weighted by atomic mass is 16.5. The lowest BCUT2D eigenvalue weighted by Gasteiger charge is -2.12. The van der Waals surface area contributed by atoms with Crippen molar-refractivity contribution in [2.45, 2.75) is 32.6 Å². The minimum absolute atomic E-state index is 0.0465. The van der Waals surface area contributed by atoms with Crippen molar-refractivity contribution in [3.8, 4) is 5.75 Å². The number of amides is 1. The zero-order valence-electron chi connectivity index (χ0n) is 12.8. The minimum atomic E-state index is 0.0465. The average Bonchev–Trinajstić information content (AvgIpc) is 3.04. The van der Waals surface area contributed by atoms with E-state index >= 15 is 0 Å². The Morgan fingerprint density at radius 3 is 3.05 bits per heavy atom. The van der Waals surface area contributed by atoms with E-state index in [9.17, 15) is 4.79 Å². The standard InChI is InChI=1S/C17H25NO3/c1-2-11-21-16-8-4-3-6-14(16)7-5-10-18-17(19)15-9-12-20-13-15/h3-4,6,8,15H,2,5,7,9-13H2,1H3,(H,18,19). The number of carbonyl (C=O) groups excluding carboxylic acids is 1. The summed E-state index contributed by atoms with van der Waals surface area (Å²) in [7, 11) is 0. The third-order valence-electron chi connectivity index (χ3n) is 3.66. The molecule has 116 valence electrons. The van der Waals surface area contributed by atoms with Crippen molar-refractivity contribution in [1.29, 1.82) is 0 Å². The molecule has 1 amide bonds. The van der Waals surface area contributed by atoms with Crippen LogP contribution in [0.5, 0.6) is 5.75 Å². The Bertz CT molecular complexity index is 441. The van der Waals surface area contributed by atoms with E-state index in [0.717, 1.165) is 38.0 Å². The van der Waals surface area contributed by atoms with Crippen LogP contribution in [0.1, 0.15) is 31.7 Å². The highest BCUT2D eigenvalue weighted by molar-refractivity contribution is 5.78. The van der Waals surface area contributed by atoms with Gasteiger partial charge in [-0.05, 0) is 37.3 Å². The fourth-order valence-corrected chi connectivity index (χ4v) is 2.44. The van der Waals surface area contributed by atoms with Crippen LogP contribution < -0.4 is 10.1 Å². The Morgan fingerprint density at radius 1 is 1.43 bits per heavy atom. The molecule has 0 bridgehead atoms. The van der Waals surface area contributed by atoms with Crippen LogP contribution in [0.25, 0.3) is 0 Å². The maximum atomic E-state index is 11.8. The molecule has 1 aromatic rings. The molecule has 1 atom stereocenters. The van der Waals surface area contributed by atoms with Gasteiger partial charge in [0.05, 0.1) is 19.1 Å². The quantitative estimate of drug-likeness (QED) is 0.749. The van der Waals surface area contributed by atoms with E-state index in [-0.39, 0.29) is 11.8 Å². The Hall–Kier alpha value is -1.55. The number of aryl methyl sites for hydroxylation is 1. The van der Waals surface area contributed by atoms with Crippen molar-refractivity contribution in [3.05, 3.63) is 29.8 Å². The SMILES string of the molecule is CCCOc1ccccc1CCCNC(=O)C1CCOC1. The molecule has 1 heterocycles. The number of rotatable bonds is 8. The van der Waals surface area contributed by atoms with Gasteiger partial charge >= 0.3 is 0 Å². The van der Waals surface area contributed by atoms with E-state index in [1.807, 2.05) is 18.2 Å². The van der Waals surface area contributed by atoms with Crippen LogP contribution in [0, 0.1) is 5.92 Å². The van der Waals surface area contributed by atoms with Gasteiger partial charge in [0.1, 0.15) is 5.75 Å². The summed E-state index contributed by atoms with van der Waals surface area (Å²) in [4.78, 5) is 11.8. The predicted octanol–water partition coefficient (Wildman–Crippen LogP) is 2.56. The molecule has 1 aromatic carbocycles. The predicted molar refractivity (Wildman–Crippen MR) is 82.5 cm³/mol. The van der Waals surface area contributed by atoms with E-state index in [2.05, 4.69) is 18.3 Å². The van der Waals surface area contributed by atoms with Crippen molar-refractivity contribution in [2.24, 2.45) is 5.92 Å². The van der Waals surface area contributed by atoms with Gasteiger partial charge in [0, 0.05) is 13.2 Å². The molecule has 1 N–H and O–H groups in total. The zero-order valence-corrected chi connectivity index (χ0v) is 12.8. The number of benzene rings is 1. The third kappa shape index (κ3) is 5.05. The van der Waals surface area contributed by atoms with E-state index in [4.69, 9.17) is 9.47 Å². The molecular weight excluding hydrogens is 266 g/mol. The summed E-state index contributed by atoms with van der Waals surface area (Å²) in [5.41, 5.74) is 1.21. The fraction of sp³-hybridized carbons (Fsp3) is 0.588. The number of para-hydroxylation sites is 1. The molecule has 1 aliphatic heterocycles. The van der Waals surface area contributed by atoms with Crippen LogP contribution in [-0.2, 0) is 16.0 Å². The van der Waals surface area contributed by atoms with Crippen molar-refractivity contribution in [1.82, 2.24) is 5.32 Å². The van der Waals surface area contributed by atoms with Crippen molar-refractivity contribution >= 4 is 5.91 Å². The van der Waals surface area contributed by atoms with Crippen LogP contribution in [0.15, 0.2) is 24.3 Å². The lowest BCUT2D eigenvalue weighted by atomic mass is 10.1. The Kier molecular flexibility index (Phi) is 6.54. The summed E-state index contributed by atoms with van der Waals surface area (Å²) in [5, 5.41) is 3.00. The van der Waals surface area contributed by atoms with Crippen LogP contribution in [0.3, 0.4) is 0 Å². The van der Waals surface area contributed by atoms with Gasteiger partial charge in [-0.15, -0.1) is 0 Å². The molecule has 4 nitrogen and oxygen atoms in total. The normalized spacial score (nSPS) is 17.7. The number of carbonyl (C=O) groups is 1. The first-order valence-corrected chi connectivity index (χ1v) is 7.87. The monoisotopic (exact) mass is 291 g/mol. The molecule has 0 aromatic heterocycles. The van der Waals surface area contributed by atoms with Gasteiger partial charge in [-0.2, -0.15) is 0 Å². The smallest absolute Gasteiger partial charge is 0.225 e. The summed E-state index contributed by atoms with van der Waals surface area (Å²) >= 11 is 0. The van der Waals surface area contributed by atoms with Gasteiger partial charge in [-0.1, -0.05) is 25.1 Å². The number of hydrogen-bond acceptors (Lipinski definition) is 3. The lowest BCUT2D eigenvalue weighted by Crippen LogP contribution is -2.31. The summed E-state index contributed by atoms with van der Waals surface area (Å²) in [6, 6.07) is 8.13. The highest BCUT2D eigenvalue weighted by Gasteiger charge is 2.22. The molecule has 2 rings (SSSR count). The van der Waals surface area contributed by atoms with Gasteiger partial charge < -0.3 is 14.8 Å². The topological polar surface area (TPSA) is 47.6 Å². The molecule has 1 saturated heterocycles. The van der Waals surface area contributed by atoms with E-state index in [1.54, 1.807) is 0 Å². The molecule has 0 radical (unpaired) electrons. The molecule has 0 spiro atoms. The summed E-state index contributed by atoms with van der Waals surface area (Å²) in [6.45, 7) is 4.83. The molecule has 0 aliphatic carbocycles. The Labute approximate surface area is 126 Å². The molecule has 4 heteroatoms. The third-order valence-corrected chi connectivity index (χ3v) is 3.66. The van der Waals surface area contributed by atoms with E-state index in [0.29, 0.717) is 19.8 Å². The first-order valence-electron chi connectivity index (χ1n) is 7.87. The average molecular weight is 291 g/mol. The Balaban J connectivity index is 1.71. The van der Waals surface area contributed by atoms with E-state index in [1.165, 1.54) is 5.56 Å². The maximum Gasteiger partial charge on any atom is 0.225 e. The number of nitrogens with one attached hydrogen (secondary N) is 1. The first-order chi connectivity index (χ1) is 10.3. The van der Waals surface area contributed by atoms with Crippen LogP contribution >= 0.6 is 0 Å². The summed E-state index contributed by atoms with van der Waals surface area (Å²) in [5.74, 6) is 1.14. The van der Waals surface area contributed by atoms with Crippen molar-refractivity contribution < 1.29 is 14.3 Å².